The van der Waals surface area contributed by atoms with Gasteiger partial charge in [-0.3, -0.25) is 0 Å². The van der Waals surface area contributed by atoms with E-state index in [-0.39, 0.29) is 18.1 Å². The fourth-order valence-electron chi connectivity index (χ4n) is 1.91. The molecular formula is C14H24N2O2S. The lowest BCUT2D eigenvalue weighted by molar-refractivity contribution is 0.163. The molecule has 0 saturated heterocycles. The van der Waals surface area contributed by atoms with Crippen molar-refractivity contribution in [1.29, 1.82) is 0 Å². The molecule has 19 heavy (non-hydrogen) atoms. The molecule has 1 aromatic heterocycles. The number of aliphatic hydroxyl groups excluding tert-OH is 1. The predicted molar refractivity (Wildman–Crippen MR) is 79.6 cm³/mol. The number of nitrogens with one attached hydrogen (secondary N) is 2. The first kappa shape index (κ1) is 16.0. The summed E-state index contributed by atoms with van der Waals surface area (Å²) in [5.74, 6) is 0.612. The van der Waals surface area contributed by atoms with Crippen LogP contribution in [0.2, 0.25) is 0 Å². The fourth-order valence-corrected chi connectivity index (χ4v) is 2.70. The SMILES string of the molecule is CC(O)CC(C)CNC(=O)NCC(C)c1cccs1. The van der Waals surface area contributed by atoms with Crippen LogP contribution in [0.1, 0.15) is 38.0 Å². The second-order valence-corrected chi connectivity index (χ2v) is 6.18. The molecule has 0 fully saturated rings. The van der Waals surface area contributed by atoms with Crippen molar-refractivity contribution in [2.75, 3.05) is 13.1 Å². The van der Waals surface area contributed by atoms with Crippen molar-refractivity contribution in [2.45, 2.75) is 39.2 Å². The van der Waals surface area contributed by atoms with Crippen LogP contribution in [0.4, 0.5) is 4.79 Å². The Balaban J connectivity index is 2.17. The van der Waals surface area contributed by atoms with Crippen molar-refractivity contribution in [3.63, 3.8) is 0 Å². The van der Waals surface area contributed by atoms with Crippen molar-refractivity contribution in [1.82, 2.24) is 10.6 Å². The number of aliphatic hydroxyl groups is 1. The molecule has 5 heteroatoms. The van der Waals surface area contributed by atoms with Crippen molar-refractivity contribution in [3.05, 3.63) is 22.4 Å². The van der Waals surface area contributed by atoms with Gasteiger partial charge in [0.2, 0.25) is 0 Å². The maximum Gasteiger partial charge on any atom is 0.314 e. The molecule has 0 aliphatic rings. The minimum Gasteiger partial charge on any atom is -0.393 e. The van der Waals surface area contributed by atoms with Crippen molar-refractivity contribution in [3.8, 4) is 0 Å². The lowest BCUT2D eigenvalue weighted by atomic mass is 10.1. The zero-order chi connectivity index (χ0) is 14.3. The Morgan fingerprint density at radius 3 is 2.58 bits per heavy atom. The molecule has 3 N–H and O–H groups in total. The quantitative estimate of drug-likeness (QED) is 0.720. The van der Waals surface area contributed by atoms with E-state index in [1.165, 1.54) is 4.88 Å². The monoisotopic (exact) mass is 284 g/mol. The first-order valence-corrected chi connectivity index (χ1v) is 7.60. The maximum atomic E-state index is 11.6. The molecule has 1 aromatic rings. The van der Waals surface area contributed by atoms with E-state index >= 15 is 0 Å². The Kier molecular flexibility index (Phi) is 6.87. The number of urea groups is 1. The van der Waals surface area contributed by atoms with E-state index in [0.29, 0.717) is 25.4 Å². The minimum absolute atomic E-state index is 0.138. The van der Waals surface area contributed by atoms with E-state index in [1.807, 2.05) is 18.4 Å². The first-order valence-electron chi connectivity index (χ1n) is 6.72. The van der Waals surface area contributed by atoms with E-state index in [2.05, 4.69) is 23.6 Å². The molecule has 0 aromatic carbocycles. The van der Waals surface area contributed by atoms with Gasteiger partial charge in [-0.15, -0.1) is 11.3 Å². The number of rotatable bonds is 7. The highest BCUT2D eigenvalue weighted by Crippen LogP contribution is 2.19. The van der Waals surface area contributed by atoms with E-state index in [9.17, 15) is 9.90 Å². The number of thiophene rings is 1. The molecular weight excluding hydrogens is 260 g/mol. The summed E-state index contributed by atoms with van der Waals surface area (Å²) in [4.78, 5) is 12.9. The highest BCUT2D eigenvalue weighted by molar-refractivity contribution is 7.10. The van der Waals surface area contributed by atoms with E-state index in [0.717, 1.165) is 0 Å². The summed E-state index contributed by atoms with van der Waals surface area (Å²) in [6.07, 6.45) is 0.380. The van der Waals surface area contributed by atoms with Crippen LogP contribution in [0.5, 0.6) is 0 Å². The lowest BCUT2D eigenvalue weighted by Gasteiger charge is -2.16. The molecule has 2 amide bonds. The van der Waals surface area contributed by atoms with Crippen LogP contribution in [0.25, 0.3) is 0 Å². The normalized spacial score (nSPS) is 15.6. The van der Waals surface area contributed by atoms with Gasteiger partial charge in [0.05, 0.1) is 6.10 Å². The molecule has 0 radical (unpaired) electrons. The molecule has 3 unspecified atom stereocenters. The van der Waals surface area contributed by atoms with Gasteiger partial charge in [-0.1, -0.05) is 19.9 Å². The third kappa shape index (κ3) is 6.59. The zero-order valence-electron chi connectivity index (χ0n) is 11.8. The minimum atomic E-state index is -0.321. The van der Waals surface area contributed by atoms with E-state index in [1.54, 1.807) is 18.3 Å². The van der Waals surface area contributed by atoms with Gasteiger partial charge >= 0.3 is 6.03 Å². The topological polar surface area (TPSA) is 61.4 Å². The summed E-state index contributed by atoms with van der Waals surface area (Å²) in [5, 5.41) is 17.0. The van der Waals surface area contributed by atoms with Gasteiger partial charge in [-0.25, -0.2) is 4.79 Å². The standard InChI is InChI=1S/C14H24N2O2S/c1-10(7-12(3)17)8-15-14(18)16-9-11(2)13-5-4-6-19-13/h4-6,10-12,17H,7-9H2,1-3H3,(H2,15,16,18). The largest absolute Gasteiger partial charge is 0.393 e. The Morgan fingerprint density at radius 1 is 1.32 bits per heavy atom. The van der Waals surface area contributed by atoms with Gasteiger partial charge in [0, 0.05) is 23.9 Å². The van der Waals surface area contributed by atoms with Crippen LogP contribution in [0.15, 0.2) is 17.5 Å². The molecule has 0 saturated carbocycles. The van der Waals surface area contributed by atoms with E-state index in [4.69, 9.17) is 0 Å². The third-order valence-corrected chi connectivity index (χ3v) is 4.06. The Bertz CT molecular complexity index is 366. The summed E-state index contributed by atoms with van der Waals surface area (Å²) in [5.41, 5.74) is 0. The number of carbonyl (C=O) groups excluding carboxylic acids is 1. The van der Waals surface area contributed by atoms with Gasteiger partial charge in [-0.2, -0.15) is 0 Å². The summed E-state index contributed by atoms with van der Waals surface area (Å²) < 4.78 is 0. The second-order valence-electron chi connectivity index (χ2n) is 5.20. The highest BCUT2D eigenvalue weighted by Gasteiger charge is 2.10. The Morgan fingerprint density at radius 2 is 2.00 bits per heavy atom. The van der Waals surface area contributed by atoms with Gasteiger partial charge in [0.1, 0.15) is 0 Å². The fraction of sp³-hybridized carbons (Fsp3) is 0.643. The molecule has 108 valence electrons. The first-order chi connectivity index (χ1) is 8.99. The molecule has 1 rings (SSSR count). The molecule has 3 atom stereocenters. The van der Waals surface area contributed by atoms with Crippen LogP contribution >= 0.6 is 11.3 Å². The number of hydrogen-bond acceptors (Lipinski definition) is 3. The van der Waals surface area contributed by atoms with E-state index < -0.39 is 0 Å². The molecule has 4 nitrogen and oxygen atoms in total. The average molecular weight is 284 g/mol. The van der Waals surface area contributed by atoms with Crippen LogP contribution in [-0.2, 0) is 0 Å². The van der Waals surface area contributed by atoms with Gasteiger partial charge in [0.25, 0.3) is 0 Å². The van der Waals surface area contributed by atoms with Gasteiger partial charge < -0.3 is 15.7 Å². The van der Waals surface area contributed by atoms with Crippen LogP contribution in [-0.4, -0.2) is 30.3 Å². The van der Waals surface area contributed by atoms with Crippen molar-refractivity contribution >= 4 is 17.4 Å². The summed E-state index contributed by atoms with van der Waals surface area (Å²) in [6.45, 7) is 7.10. The lowest BCUT2D eigenvalue weighted by Crippen LogP contribution is -2.39. The molecule has 0 spiro atoms. The van der Waals surface area contributed by atoms with Crippen LogP contribution < -0.4 is 10.6 Å². The summed E-state index contributed by atoms with van der Waals surface area (Å²) in [6, 6.07) is 3.97. The van der Waals surface area contributed by atoms with Gasteiger partial charge in [0.15, 0.2) is 0 Å². The summed E-state index contributed by atoms with van der Waals surface area (Å²) >= 11 is 1.71. The molecule has 0 aliphatic carbocycles. The van der Waals surface area contributed by atoms with Crippen molar-refractivity contribution in [2.24, 2.45) is 5.92 Å². The molecule has 0 aliphatic heterocycles. The molecule has 0 bridgehead atoms. The van der Waals surface area contributed by atoms with Crippen LogP contribution in [0, 0.1) is 5.92 Å². The number of hydrogen-bond donors (Lipinski definition) is 3. The van der Waals surface area contributed by atoms with Gasteiger partial charge in [-0.05, 0) is 30.7 Å². The zero-order valence-corrected chi connectivity index (χ0v) is 12.7. The van der Waals surface area contributed by atoms with Crippen molar-refractivity contribution < 1.29 is 9.90 Å². The Labute approximate surface area is 119 Å². The Hall–Kier alpha value is -1.07. The van der Waals surface area contributed by atoms with Crippen LogP contribution in [0.3, 0.4) is 0 Å². The smallest absolute Gasteiger partial charge is 0.314 e. The summed E-state index contributed by atoms with van der Waals surface area (Å²) in [7, 11) is 0. The second kappa shape index (κ2) is 8.17. The maximum absolute atomic E-state index is 11.6. The number of amides is 2. The molecule has 1 heterocycles. The average Bonchev–Trinajstić information content (AvgIpc) is 2.86. The highest BCUT2D eigenvalue weighted by atomic mass is 32.1. The number of carbonyl (C=O) groups is 1. The predicted octanol–water partition coefficient (Wildman–Crippen LogP) is 2.56. The third-order valence-electron chi connectivity index (χ3n) is 2.95.